The topological polar surface area (TPSA) is 46.9 Å². The number of hydrogen-bond acceptors (Lipinski definition) is 2. The molecule has 0 radical (unpaired) electrons. The molecule has 1 aromatic carbocycles. The van der Waals surface area contributed by atoms with Gasteiger partial charge in [-0.3, -0.25) is 4.79 Å². The quantitative estimate of drug-likeness (QED) is 0.928. The van der Waals surface area contributed by atoms with E-state index in [1.807, 2.05) is 37.4 Å². The van der Waals surface area contributed by atoms with Gasteiger partial charge in [0.1, 0.15) is 5.82 Å². The molecule has 0 bridgehead atoms. The first kappa shape index (κ1) is 12.9. The van der Waals surface area contributed by atoms with Crippen molar-refractivity contribution in [3.05, 3.63) is 53.1 Å². The van der Waals surface area contributed by atoms with Gasteiger partial charge < -0.3 is 9.88 Å². The van der Waals surface area contributed by atoms with Gasteiger partial charge in [-0.25, -0.2) is 4.98 Å². The summed E-state index contributed by atoms with van der Waals surface area (Å²) >= 11 is 0. The normalized spacial score (nSPS) is 13.8. The molecular weight excluding hydrogens is 250 g/mol. The number of aromatic nitrogens is 2. The highest BCUT2D eigenvalue weighted by Gasteiger charge is 2.18. The molecule has 104 valence electrons. The molecule has 4 heteroatoms. The van der Waals surface area contributed by atoms with Gasteiger partial charge in [-0.1, -0.05) is 18.2 Å². The number of imidazole rings is 1. The number of carbonyl (C=O) groups excluding carboxylic acids is 1. The lowest BCUT2D eigenvalue weighted by Gasteiger charge is -2.11. The molecule has 1 amide bonds. The molecule has 1 aliphatic carbocycles. The fraction of sp³-hybridized carbons (Fsp3) is 0.375. The van der Waals surface area contributed by atoms with Gasteiger partial charge in [0, 0.05) is 18.3 Å². The lowest BCUT2D eigenvalue weighted by atomic mass is 10.0. The molecule has 0 spiro atoms. The largest absolute Gasteiger partial charge is 0.345 e. The molecule has 3 rings (SSSR count). The minimum absolute atomic E-state index is 0.0495. The monoisotopic (exact) mass is 269 g/mol. The van der Waals surface area contributed by atoms with Crippen molar-refractivity contribution in [1.29, 1.82) is 0 Å². The number of nitrogens with one attached hydrogen (secondary N) is 1. The van der Waals surface area contributed by atoms with E-state index in [0.29, 0.717) is 12.1 Å². The average molecular weight is 269 g/mol. The molecule has 0 atom stereocenters. The van der Waals surface area contributed by atoms with Crippen LogP contribution in [0, 0.1) is 0 Å². The van der Waals surface area contributed by atoms with E-state index in [1.54, 1.807) is 0 Å². The number of fused-ring (bicyclic) bond motifs is 1. The molecule has 0 saturated carbocycles. The van der Waals surface area contributed by atoms with E-state index in [4.69, 9.17) is 0 Å². The number of rotatable bonds is 3. The predicted octanol–water partition coefficient (Wildman–Crippen LogP) is 2.23. The maximum absolute atomic E-state index is 12.0. The number of hydrogen-bond donors (Lipinski definition) is 1. The Hall–Kier alpha value is -2.10. The summed E-state index contributed by atoms with van der Waals surface area (Å²) < 4.78 is 2.14. The van der Waals surface area contributed by atoms with Crippen molar-refractivity contribution in [2.24, 2.45) is 7.05 Å². The first-order valence-corrected chi connectivity index (χ1v) is 7.12. The maximum Gasteiger partial charge on any atom is 0.251 e. The molecule has 2 aromatic rings. The van der Waals surface area contributed by atoms with Crippen molar-refractivity contribution in [1.82, 2.24) is 14.9 Å². The van der Waals surface area contributed by atoms with Crippen molar-refractivity contribution < 1.29 is 4.79 Å². The van der Waals surface area contributed by atoms with Crippen molar-refractivity contribution in [3.63, 3.8) is 0 Å². The molecule has 0 aliphatic heterocycles. The number of benzene rings is 1. The highest BCUT2D eigenvalue weighted by molar-refractivity contribution is 5.93. The first-order valence-electron chi connectivity index (χ1n) is 7.12. The highest BCUT2D eigenvalue weighted by Crippen LogP contribution is 2.21. The van der Waals surface area contributed by atoms with Crippen LogP contribution in [0.25, 0.3) is 0 Å². The molecule has 0 fully saturated rings. The standard InChI is InChI=1S/C16H19N3O/c1-19-14-10-6-5-9-13(14)18-15(19)11-17-16(20)12-7-3-2-4-8-12/h2-4,7-8H,5-6,9-11H2,1H3,(H,17,20). The van der Waals surface area contributed by atoms with Crippen molar-refractivity contribution >= 4 is 5.91 Å². The zero-order chi connectivity index (χ0) is 13.9. The van der Waals surface area contributed by atoms with Crippen molar-refractivity contribution in [2.45, 2.75) is 32.2 Å². The Balaban J connectivity index is 1.70. The summed E-state index contributed by atoms with van der Waals surface area (Å²) in [6.07, 6.45) is 4.63. The zero-order valence-electron chi connectivity index (χ0n) is 11.7. The van der Waals surface area contributed by atoms with Crippen LogP contribution in [0.1, 0.15) is 40.4 Å². The van der Waals surface area contributed by atoms with Gasteiger partial charge in [0.25, 0.3) is 5.91 Å². The van der Waals surface area contributed by atoms with Gasteiger partial charge in [-0.2, -0.15) is 0 Å². The van der Waals surface area contributed by atoms with Crippen LogP contribution >= 0.6 is 0 Å². The van der Waals surface area contributed by atoms with Crippen LogP contribution in [0.4, 0.5) is 0 Å². The van der Waals surface area contributed by atoms with E-state index in [2.05, 4.69) is 14.9 Å². The number of amides is 1. The van der Waals surface area contributed by atoms with E-state index in [1.165, 1.54) is 24.2 Å². The van der Waals surface area contributed by atoms with Gasteiger partial charge in [-0.15, -0.1) is 0 Å². The van der Waals surface area contributed by atoms with Gasteiger partial charge in [0.15, 0.2) is 0 Å². The van der Waals surface area contributed by atoms with Crippen molar-refractivity contribution in [3.8, 4) is 0 Å². The van der Waals surface area contributed by atoms with Crippen LogP contribution < -0.4 is 5.32 Å². The van der Waals surface area contributed by atoms with E-state index >= 15 is 0 Å². The summed E-state index contributed by atoms with van der Waals surface area (Å²) in [7, 11) is 2.04. The second-order valence-corrected chi connectivity index (χ2v) is 5.24. The van der Waals surface area contributed by atoms with Crippen LogP contribution in [0.2, 0.25) is 0 Å². The van der Waals surface area contributed by atoms with Gasteiger partial charge in [0.05, 0.1) is 12.2 Å². The van der Waals surface area contributed by atoms with Gasteiger partial charge in [0.2, 0.25) is 0 Å². The second kappa shape index (κ2) is 5.49. The van der Waals surface area contributed by atoms with E-state index in [9.17, 15) is 4.79 Å². The predicted molar refractivity (Wildman–Crippen MR) is 77.5 cm³/mol. The summed E-state index contributed by atoms with van der Waals surface area (Å²) in [5.41, 5.74) is 3.23. The first-order chi connectivity index (χ1) is 9.75. The van der Waals surface area contributed by atoms with Crippen LogP contribution in [0.15, 0.2) is 30.3 Å². The number of carbonyl (C=O) groups is 1. The van der Waals surface area contributed by atoms with Gasteiger partial charge >= 0.3 is 0 Å². The van der Waals surface area contributed by atoms with E-state index in [0.717, 1.165) is 18.7 Å². The van der Waals surface area contributed by atoms with Crippen LogP contribution in [-0.4, -0.2) is 15.5 Å². The Morgan fingerprint density at radius 1 is 1.25 bits per heavy atom. The Morgan fingerprint density at radius 3 is 2.75 bits per heavy atom. The molecule has 1 N–H and O–H groups in total. The maximum atomic E-state index is 12.0. The molecule has 1 aromatic heterocycles. The van der Waals surface area contributed by atoms with Crippen LogP contribution in [-0.2, 0) is 26.4 Å². The van der Waals surface area contributed by atoms with E-state index < -0.39 is 0 Å². The fourth-order valence-corrected chi connectivity index (χ4v) is 2.75. The Labute approximate surface area is 118 Å². The van der Waals surface area contributed by atoms with Crippen molar-refractivity contribution in [2.75, 3.05) is 0 Å². The summed E-state index contributed by atoms with van der Waals surface area (Å²) in [5.74, 6) is 0.896. The molecule has 1 heterocycles. The zero-order valence-corrected chi connectivity index (χ0v) is 11.7. The number of aryl methyl sites for hydroxylation is 1. The third-order valence-corrected chi connectivity index (χ3v) is 3.91. The van der Waals surface area contributed by atoms with E-state index in [-0.39, 0.29) is 5.91 Å². The molecule has 20 heavy (non-hydrogen) atoms. The minimum Gasteiger partial charge on any atom is -0.345 e. The smallest absolute Gasteiger partial charge is 0.251 e. The number of nitrogens with zero attached hydrogens (tertiary/aromatic N) is 2. The highest BCUT2D eigenvalue weighted by atomic mass is 16.1. The molecule has 0 saturated heterocycles. The Bertz CT molecular complexity index is 616. The third kappa shape index (κ3) is 2.46. The van der Waals surface area contributed by atoms with Gasteiger partial charge in [-0.05, 0) is 37.8 Å². The summed E-state index contributed by atoms with van der Waals surface area (Å²) in [4.78, 5) is 16.7. The Morgan fingerprint density at radius 2 is 2.00 bits per heavy atom. The summed E-state index contributed by atoms with van der Waals surface area (Å²) in [6, 6.07) is 9.28. The second-order valence-electron chi connectivity index (χ2n) is 5.24. The molecule has 4 nitrogen and oxygen atoms in total. The van der Waals surface area contributed by atoms with Crippen LogP contribution in [0.5, 0.6) is 0 Å². The third-order valence-electron chi connectivity index (χ3n) is 3.91. The fourth-order valence-electron chi connectivity index (χ4n) is 2.75. The molecule has 0 unspecified atom stereocenters. The average Bonchev–Trinajstić information content (AvgIpc) is 2.83. The lowest BCUT2D eigenvalue weighted by molar-refractivity contribution is 0.0949. The Kier molecular flexibility index (Phi) is 3.54. The minimum atomic E-state index is -0.0495. The molecular formula is C16H19N3O. The molecule has 1 aliphatic rings. The SMILES string of the molecule is Cn1c(CNC(=O)c2ccccc2)nc2c1CCCC2. The summed E-state index contributed by atoms with van der Waals surface area (Å²) in [6.45, 7) is 0.483. The summed E-state index contributed by atoms with van der Waals surface area (Å²) in [5, 5.41) is 2.94. The lowest BCUT2D eigenvalue weighted by Crippen LogP contribution is -2.24. The van der Waals surface area contributed by atoms with Crippen LogP contribution in [0.3, 0.4) is 0 Å².